The number of hydrogen-bond acceptors (Lipinski definition) is 5. The summed E-state index contributed by atoms with van der Waals surface area (Å²) in [4.78, 5) is 10.5. The number of rotatable bonds is 8. The van der Waals surface area contributed by atoms with Gasteiger partial charge in [0.2, 0.25) is 0 Å². The number of nitrogens with zero attached hydrogens (tertiary/aromatic N) is 1. The number of nitro benzene ring substituents is 1. The molecule has 100 valence electrons. The van der Waals surface area contributed by atoms with Crippen LogP contribution in [0.15, 0.2) is 18.2 Å². The van der Waals surface area contributed by atoms with Gasteiger partial charge in [-0.3, -0.25) is 10.1 Å². The van der Waals surface area contributed by atoms with E-state index in [1.807, 2.05) is 13.8 Å². The zero-order chi connectivity index (χ0) is 13.4. The lowest BCUT2D eigenvalue weighted by atomic mass is 10.2. The average molecular weight is 254 g/mol. The largest absolute Gasteiger partial charge is 0.460 e. The van der Waals surface area contributed by atoms with Crippen molar-refractivity contribution in [2.45, 2.75) is 20.4 Å². The minimum Gasteiger partial charge on any atom is -0.460 e. The summed E-state index contributed by atoms with van der Waals surface area (Å²) in [6.45, 7) is 5.75. The van der Waals surface area contributed by atoms with Gasteiger partial charge in [0.15, 0.2) is 12.5 Å². The zero-order valence-electron chi connectivity index (χ0n) is 10.6. The Hall–Kier alpha value is -1.66. The Kier molecular flexibility index (Phi) is 6.10. The highest BCUT2D eigenvalue weighted by atomic mass is 16.7. The number of nitrogens with one attached hydrogen (secondary N) is 1. The predicted molar refractivity (Wildman–Crippen MR) is 67.6 cm³/mol. The highest BCUT2D eigenvalue weighted by Crippen LogP contribution is 2.27. The molecule has 0 aliphatic carbocycles. The molecule has 1 aromatic carbocycles. The highest BCUT2D eigenvalue weighted by molar-refractivity contribution is 5.48. The van der Waals surface area contributed by atoms with Crippen LogP contribution in [0.5, 0.6) is 5.75 Å². The molecule has 1 aromatic rings. The summed E-state index contributed by atoms with van der Waals surface area (Å²) in [5, 5.41) is 14.1. The van der Waals surface area contributed by atoms with Gasteiger partial charge in [0.1, 0.15) is 0 Å². The van der Waals surface area contributed by atoms with Crippen molar-refractivity contribution in [2.75, 3.05) is 19.9 Å². The molecule has 1 rings (SSSR count). The average Bonchev–Trinajstić information content (AvgIpc) is 2.37. The third-order valence-electron chi connectivity index (χ3n) is 2.30. The second-order valence-electron chi connectivity index (χ2n) is 3.59. The van der Waals surface area contributed by atoms with Gasteiger partial charge >= 0.3 is 5.69 Å². The van der Waals surface area contributed by atoms with Crippen LogP contribution in [0.2, 0.25) is 0 Å². The van der Waals surface area contributed by atoms with Gasteiger partial charge in [0.25, 0.3) is 0 Å². The monoisotopic (exact) mass is 254 g/mol. The molecular formula is C12H18N2O4. The molecule has 0 radical (unpaired) electrons. The van der Waals surface area contributed by atoms with E-state index in [1.165, 1.54) is 6.07 Å². The van der Waals surface area contributed by atoms with Gasteiger partial charge < -0.3 is 14.8 Å². The number of ether oxygens (including phenoxy) is 2. The van der Waals surface area contributed by atoms with E-state index in [-0.39, 0.29) is 18.2 Å². The molecule has 18 heavy (non-hydrogen) atoms. The molecule has 0 saturated carbocycles. The zero-order valence-corrected chi connectivity index (χ0v) is 10.6. The Bertz CT molecular complexity index is 396. The lowest BCUT2D eigenvalue weighted by Gasteiger charge is -2.08. The minimum absolute atomic E-state index is 0.0178. The summed E-state index contributed by atoms with van der Waals surface area (Å²) >= 11 is 0. The topological polar surface area (TPSA) is 73.6 Å². The maximum Gasteiger partial charge on any atom is 0.311 e. The van der Waals surface area contributed by atoms with Crippen LogP contribution >= 0.6 is 0 Å². The van der Waals surface area contributed by atoms with E-state index in [1.54, 1.807) is 12.1 Å². The first-order valence-electron chi connectivity index (χ1n) is 5.87. The third-order valence-corrected chi connectivity index (χ3v) is 2.30. The van der Waals surface area contributed by atoms with Crippen molar-refractivity contribution in [1.29, 1.82) is 0 Å². The molecule has 1 N–H and O–H groups in total. The smallest absolute Gasteiger partial charge is 0.311 e. The van der Waals surface area contributed by atoms with Gasteiger partial charge in [-0.05, 0) is 25.1 Å². The van der Waals surface area contributed by atoms with Crippen LogP contribution in [0.4, 0.5) is 5.69 Å². The van der Waals surface area contributed by atoms with Crippen LogP contribution in [-0.4, -0.2) is 24.9 Å². The molecule has 0 atom stereocenters. The summed E-state index contributed by atoms with van der Waals surface area (Å²) in [6.07, 6.45) is 0. The number of benzene rings is 1. The molecule has 0 aromatic heterocycles. The number of nitro groups is 1. The van der Waals surface area contributed by atoms with E-state index in [4.69, 9.17) is 9.47 Å². The van der Waals surface area contributed by atoms with Crippen molar-refractivity contribution in [3.05, 3.63) is 33.9 Å². The standard InChI is InChI=1S/C12H18N2O4/c1-3-13-8-10-5-6-12(18-9-17-4-2)11(7-10)14(15)16/h5-7,13H,3-4,8-9H2,1-2H3. The van der Waals surface area contributed by atoms with Gasteiger partial charge in [0, 0.05) is 19.2 Å². The Morgan fingerprint density at radius 3 is 2.78 bits per heavy atom. The van der Waals surface area contributed by atoms with Crippen LogP contribution < -0.4 is 10.1 Å². The van der Waals surface area contributed by atoms with E-state index in [9.17, 15) is 10.1 Å². The van der Waals surface area contributed by atoms with Crippen LogP contribution in [0.25, 0.3) is 0 Å². The minimum atomic E-state index is -0.448. The summed E-state index contributed by atoms with van der Waals surface area (Å²) in [7, 11) is 0. The molecule has 0 fully saturated rings. The van der Waals surface area contributed by atoms with E-state index in [0.717, 1.165) is 12.1 Å². The first kappa shape index (κ1) is 14.4. The van der Waals surface area contributed by atoms with Crippen molar-refractivity contribution in [2.24, 2.45) is 0 Å². The number of hydrogen-bond donors (Lipinski definition) is 1. The fourth-order valence-corrected chi connectivity index (χ4v) is 1.40. The van der Waals surface area contributed by atoms with E-state index in [2.05, 4.69) is 5.32 Å². The Labute approximate surface area is 106 Å². The van der Waals surface area contributed by atoms with Crippen LogP contribution in [-0.2, 0) is 11.3 Å². The van der Waals surface area contributed by atoms with Crippen LogP contribution in [0, 0.1) is 10.1 Å². The van der Waals surface area contributed by atoms with E-state index in [0.29, 0.717) is 13.2 Å². The van der Waals surface area contributed by atoms with Gasteiger partial charge in [-0.25, -0.2) is 0 Å². The van der Waals surface area contributed by atoms with Crippen molar-refractivity contribution < 1.29 is 14.4 Å². The fraction of sp³-hybridized carbons (Fsp3) is 0.500. The van der Waals surface area contributed by atoms with Crippen molar-refractivity contribution in [3.8, 4) is 5.75 Å². The van der Waals surface area contributed by atoms with E-state index >= 15 is 0 Å². The molecule has 0 amide bonds. The molecule has 0 heterocycles. The summed E-state index contributed by atoms with van der Waals surface area (Å²) in [6, 6.07) is 4.92. The molecule has 0 unspecified atom stereocenters. The second kappa shape index (κ2) is 7.62. The molecule has 0 bridgehead atoms. The van der Waals surface area contributed by atoms with Gasteiger partial charge in [-0.15, -0.1) is 0 Å². The molecule has 0 aliphatic rings. The lowest BCUT2D eigenvalue weighted by Crippen LogP contribution is -2.12. The Morgan fingerprint density at radius 2 is 2.17 bits per heavy atom. The van der Waals surface area contributed by atoms with Crippen LogP contribution in [0.3, 0.4) is 0 Å². The molecule has 6 nitrogen and oxygen atoms in total. The van der Waals surface area contributed by atoms with Crippen molar-refractivity contribution in [1.82, 2.24) is 5.32 Å². The third kappa shape index (κ3) is 4.31. The SMILES string of the molecule is CCNCc1ccc(OCOCC)c([N+](=O)[O-])c1. The Morgan fingerprint density at radius 1 is 1.39 bits per heavy atom. The second-order valence-corrected chi connectivity index (χ2v) is 3.59. The van der Waals surface area contributed by atoms with Gasteiger partial charge in [-0.1, -0.05) is 13.0 Å². The summed E-state index contributed by atoms with van der Waals surface area (Å²) < 4.78 is 10.2. The van der Waals surface area contributed by atoms with Gasteiger partial charge in [0.05, 0.1) is 4.92 Å². The summed E-state index contributed by atoms with van der Waals surface area (Å²) in [5.74, 6) is 0.230. The van der Waals surface area contributed by atoms with Gasteiger partial charge in [-0.2, -0.15) is 0 Å². The highest BCUT2D eigenvalue weighted by Gasteiger charge is 2.15. The fourth-order valence-electron chi connectivity index (χ4n) is 1.40. The molecule has 0 spiro atoms. The van der Waals surface area contributed by atoms with E-state index < -0.39 is 4.92 Å². The quantitative estimate of drug-likeness (QED) is 0.333. The van der Waals surface area contributed by atoms with Crippen molar-refractivity contribution in [3.63, 3.8) is 0 Å². The molecule has 6 heteroatoms. The van der Waals surface area contributed by atoms with Crippen molar-refractivity contribution >= 4 is 5.69 Å². The Balaban J connectivity index is 2.80. The maximum absolute atomic E-state index is 10.9. The lowest BCUT2D eigenvalue weighted by molar-refractivity contribution is -0.386. The molecular weight excluding hydrogens is 236 g/mol. The maximum atomic E-state index is 10.9. The molecule has 0 saturated heterocycles. The predicted octanol–water partition coefficient (Wildman–Crippen LogP) is 2.08. The summed E-state index contributed by atoms with van der Waals surface area (Å²) in [5.41, 5.74) is 0.817. The normalized spacial score (nSPS) is 10.3. The van der Waals surface area contributed by atoms with Crippen LogP contribution in [0.1, 0.15) is 19.4 Å². The molecule has 0 aliphatic heterocycles. The first-order chi connectivity index (χ1) is 8.69. The first-order valence-corrected chi connectivity index (χ1v) is 5.87.